The van der Waals surface area contributed by atoms with Crippen LogP contribution < -0.4 is 5.32 Å². The molecular weight excluding hydrogens is 403 g/mol. The van der Waals surface area contributed by atoms with Crippen molar-refractivity contribution in [3.63, 3.8) is 0 Å². The summed E-state index contributed by atoms with van der Waals surface area (Å²) in [5, 5.41) is 21.5. The molecule has 2 rings (SSSR count). The van der Waals surface area contributed by atoms with Crippen molar-refractivity contribution in [1.29, 1.82) is 5.26 Å². The van der Waals surface area contributed by atoms with Gasteiger partial charge in [0.2, 0.25) is 0 Å². The standard InChI is InChI=1S/C18H15IN2O2/c1-11-4-3-5-16(12(11)2)21-18(23)14(10-20)8-13-6-7-17(22)15(19)9-13/h3-9,22H,1-2H3,(H,21,23)/b14-8+. The smallest absolute Gasteiger partial charge is 0.266 e. The van der Waals surface area contributed by atoms with Crippen LogP contribution in [0.5, 0.6) is 5.75 Å². The summed E-state index contributed by atoms with van der Waals surface area (Å²) in [5.41, 5.74) is 3.42. The largest absolute Gasteiger partial charge is 0.507 e. The van der Waals surface area contributed by atoms with Crippen LogP contribution in [0.15, 0.2) is 42.0 Å². The summed E-state index contributed by atoms with van der Waals surface area (Å²) in [7, 11) is 0. The average molecular weight is 418 g/mol. The fourth-order valence-corrected chi connectivity index (χ4v) is 2.54. The third kappa shape index (κ3) is 4.11. The topological polar surface area (TPSA) is 73.1 Å². The molecule has 0 aliphatic rings. The number of hydrogen-bond donors (Lipinski definition) is 2. The highest BCUT2D eigenvalue weighted by atomic mass is 127. The van der Waals surface area contributed by atoms with E-state index in [4.69, 9.17) is 0 Å². The number of halogens is 1. The van der Waals surface area contributed by atoms with E-state index in [1.165, 1.54) is 12.1 Å². The van der Waals surface area contributed by atoms with E-state index in [0.717, 1.165) is 11.1 Å². The van der Waals surface area contributed by atoms with E-state index in [1.807, 2.05) is 54.6 Å². The number of benzene rings is 2. The van der Waals surface area contributed by atoms with Crippen LogP contribution in [0.25, 0.3) is 6.08 Å². The number of carbonyl (C=O) groups excluding carboxylic acids is 1. The van der Waals surface area contributed by atoms with Crippen LogP contribution in [-0.4, -0.2) is 11.0 Å². The molecule has 0 atom stereocenters. The Kier molecular flexibility index (Phi) is 5.40. The molecule has 0 spiro atoms. The second kappa shape index (κ2) is 7.29. The molecule has 0 aliphatic carbocycles. The minimum atomic E-state index is -0.454. The van der Waals surface area contributed by atoms with Crippen molar-refractivity contribution >= 4 is 40.3 Å². The Balaban J connectivity index is 2.28. The van der Waals surface area contributed by atoms with Gasteiger partial charge in [0.1, 0.15) is 17.4 Å². The first-order valence-electron chi connectivity index (χ1n) is 6.90. The molecule has 116 valence electrons. The van der Waals surface area contributed by atoms with E-state index in [9.17, 15) is 15.2 Å². The number of aryl methyl sites for hydroxylation is 1. The van der Waals surface area contributed by atoms with E-state index in [1.54, 1.807) is 18.2 Å². The van der Waals surface area contributed by atoms with Gasteiger partial charge in [-0.25, -0.2) is 0 Å². The van der Waals surface area contributed by atoms with Crippen molar-refractivity contribution in [2.75, 3.05) is 5.32 Å². The van der Waals surface area contributed by atoms with E-state index in [0.29, 0.717) is 14.8 Å². The van der Waals surface area contributed by atoms with Crippen LogP contribution >= 0.6 is 22.6 Å². The second-order valence-electron chi connectivity index (χ2n) is 5.08. The van der Waals surface area contributed by atoms with Gasteiger partial charge in [-0.3, -0.25) is 4.79 Å². The zero-order chi connectivity index (χ0) is 17.0. The molecule has 0 aromatic heterocycles. The Hall–Kier alpha value is -2.33. The minimum absolute atomic E-state index is 0.00685. The molecule has 0 radical (unpaired) electrons. The maximum absolute atomic E-state index is 12.3. The van der Waals surface area contributed by atoms with Crippen molar-refractivity contribution in [3.05, 3.63) is 62.2 Å². The van der Waals surface area contributed by atoms with Gasteiger partial charge in [-0.15, -0.1) is 0 Å². The Morgan fingerprint density at radius 3 is 2.70 bits per heavy atom. The summed E-state index contributed by atoms with van der Waals surface area (Å²) in [6.07, 6.45) is 1.50. The quantitative estimate of drug-likeness (QED) is 0.447. The molecule has 0 fully saturated rings. The lowest BCUT2D eigenvalue weighted by Crippen LogP contribution is -2.14. The number of hydrogen-bond acceptors (Lipinski definition) is 3. The van der Waals surface area contributed by atoms with E-state index >= 15 is 0 Å². The first kappa shape index (κ1) is 17.0. The molecule has 5 heteroatoms. The number of nitrogens with one attached hydrogen (secondary N) is 1. The van der Waals surface area contributed by atoms with Gasteiger partial charge in [-0.1, -0.05) is 18.2 Å². The normalized spacial score (nSPS) is 11.0. The fourth-order valence-electron chi connectivity index (χ4n) is 2.00. The number of aromatic hydroxyl groups is 1. The highest BCUT2D eigenvalue weighted by molar-refractivity contribution is 14.1. The van der Waals surface area contributed by atoms with Gasteiger partial charge < -0.3 is 10.4 Å². The average Bonchev–Trinajstić information content (AvgIpc) is 2.52. The zero-order valence-electron chi connectivity index (χ0n) is 12.7. The molecule has 0 aliphatic heterocycles. The van der Waals surface area contributed by atoms with Crippen LogP contribution in [0.2, 0.25) is 0 Å². The predicted octanol–water partition coefficient (Wildman–Crippen LogP) is 4.16. The fraction of sp³-hybridized carbons (Fsp3) is 0.111. The number of phenols is 1. The first-order valence-corrected chi connectivity index (χ1v) is 7.98. The molecule has 23 heavy (non-hydrogen) atoms. The van der Waals surface area contributed by atoms with Gasteiger partial charge in [0, 0.05) is 5.69 Å². The first-order chi connectivity index (χ1) is 10.9. The molecule has 0 unspecified atom stereocenters. The molecule has 2 aromatic rings. The summed E-state index contributed by atoms with van der Waals surface area (Å²) >= 11 is 1.99. The van der Waals surface area contributed by atoms with Crippen LogP contribution in [0.4, 0.5) is 5.69 Å². The van der Waals surface area contributed by atoms with E-state index < -0.39 is 5.91 Å². The molecule has 0 heterocycles. The Morgan fingerprint density at radius 1 is 1.30 bits per heavy atom. The lowest BCUT2D eigenvalue weighted by atomic mass is 10.1. The maximum Gasteiger partial charge on any atom is 0.266 e. The van der Waals surface area contributed by atoms with Crippen molar-refractivity contribution in [2.45, 2.75) is 13.8 Å². The maximum atomic E-state index is 12.3. The summed E-state index contributed by atoms with van der Waals surface area (Å²) in [5.74, 6) is -0.287. The number of phenolic OH excluding ortho intramolecular Hbond substituents is 1. The zero-order valence-corrected chi connectivity index (χ0v) is 14.9. The Labute approximate surface area is 148 Å². The second-order valence-corrected chi connectivity index (χ2v) is 6.24. The summed E-state index contributed by atoms with van der Waals surface area (Å²) < 4.78 is 0.656. The third-order valence-corrected chi connectivity index (χ3v) is 4.36. The molecule has 1 amide bonds. The molecular formula is C18H15IN2O2. The molecule has 2 N–H and O–H groups in total. The molecule has 0 bridgehead atoms. The monoisotopic (exact) mass is 418 g/mol. The van der Waals surface area contributed by atoms with Gasteiger partial charge >= 0.3 is 0 Å². The third-order valence-electron chi connectivity index (χ3n) is 3.50. The van der Waals surface area contributed by atoms with Gasteiger partial charge in [-0.05, 0) is 77.4 Å². The Bertz CT molecular complexity index is 835. The number of nitriles is 1. The SMILES string of the molecule is Cc1cccc(NC(=O)/C(C#N)=C/c2ccc(O)c(I)c2)c1C. The number of nitrogens with zero attached hydrogens (tertiary/aromatic N) is 1. The summed E-state index contributed by atoms with van der Waals surface area (Å²) in [6.45, 7) is 3.88. The lowest BCUT2D eigenvalue weighted by Gasteiger charge is -2.09. The van der Waals surface area contributed by atoms with Crippen molar-refractivity contribution in [2.24, 2.45) is 0 Å². The van der Waals surface area contributed by atoms with Crippen molar-refractivity contribution in [3.8, 4) is 11.8 Å². The van der Waals surface area contributed by atoms with E-state index in [2.05, 4.69) is 5.32 Å². The van der Waals surface area contributed by atoms with Crippen molar-refractivity contribution < 1.29 is 9.90 Å². The predicted molar refractivity (Wildman–Crippen MR) is 99.0 cm³/mol. The molecule has 0 saturated carbocycles. The van der Waals surface area contributed by atoms with Crippen LogP contribution in [-0.2, 0) is 4.79 Å². The lowest BCUT2D eigenvalue weighted by molar-refractivity contribution is -0.112. The van der Waals surface area contributed by atoms with E-state index in [-0.39, 0.29) is 11.3 Å². The number of carbonyl (C=O) groups is 1. The number of rotatable bonds is 3. The van der Waals surface area contributed by atoms with Crippen LogP contribution in [0, 0.1) is 28.7 Å². The van der Waals surface area contributed by atoms with Crippen LogP contribution in [0.3, 0.4) is 0 Å². The Morgan fingerprint density at radius 2 is 2.04 bits per heavy atom. The summed E-state index contributed by atoms with van der Waals surface area (Å²) in [6, 6.07) is 12.4. The highest BCUT2D eigenvalue weighted by Gasteiger charge is 2.11. The van der Waals surface area contributed by atoms with Crippen molar-refractivity contribution in [1.82, 2.24) is 0 Å². The minimum Gasteiger partial charge on any atom is -0.507 e. The van der Waals surface area contributed by atoms with Gasteiger partial charge in [0.15, 0.2) is 0 Å². The summed E-state index contributed by atoms with van der Waals surface area (Å²) in [4.78, 5) is 12.3. The molecule has 2 aromatic carbocycles. The van der Waals surface area contributed by atoms with Gasteiger partial charge in [0.25, 0.3) is 5.91 Å². The van der Waals surface area contributed by atoms with Gasteiger partial charge in [0.05, 0.1) is 3.57 Å². The highest BCUT2D eigenvalue weighted by Crippen LogP contribution is 2.22. The number of amides is 1. The van der Waals surface area contributed by atoms with Gasteiger partial charge in [-0.2, -0.15) is 5.26 Å². The van der Waals surface area contributed by atoms with Crippen LogP contribution in [0.1, 0.15) is 16.7 Å². The number of anilines is 1. The molecule has 4 nitrogen and oxygen atoms in total. The molecule has 0 saturated heterocycles.